The summed E-state index contributed by atoms with van der Waals surface area (Å²) in [5, 5.41) is 14.9. The molecule has 1 unspecified atom stereocenters. The maximum atomic E-state index is 12.5. The molecule has 3 amide bonds. The molecular weight excluding hydrogens is 434 g/mol. The normalized spacial score (nSPS) is 26.8. The molecule has 0 spiro atoms. The van der Waals surface area contributed by atoms with E-state index in [0.717, 1.165) is 38.3 Å². The largest absolute Gasteiger partial charge is 0.490 e. The Morgan fingerprint density at radius 3 is 2.26 bits per heavy atom. The van der Waals surface area contributed by atoms with E-state index >= 15 is 0 Å². The molecule has 2 aliphatic carbocycles. The summed E-state index contributed by atoms with van der Waals surface area (Å²) in [6, 6.07) is 6.96. The van der Waals surface area contributed by atoms with Gasteiger partial charge in [-0.3, -0.25) is 9.59 Å². The van der Waals surface area contributed by atoms with Gasteiger partial charge < -0.3 is 25.4 Å². The van der Waals surface area contributed by atoms with Crippen LogP contribution in [0.3, 0.4) is 0 Å². The highest BCUT2D eigenvalue weighted by Crippen LogP contribution is 2.36. The number of carboxylic acids is 1. The van der Waals surface area contributed by atoms with Crippen LogP contribution in [0.1, 0.15) is 68.1 Å². The molecule has 1 aromatic rings. The molecule has 2 saturated carbocycles. The van der Waals surface area contributed by atoms with Crippen LogP contribution in [0.4, 0.5) is 4.79 Å². The number of hydrogen-bond donors (Lipinski definition) is 3. The molecule has 34 heavy (non-hydrogen) atoms. The minimum Gasteiger partial charge on any atom is -0.490 e. The number of fused-ring (bicyclic) bond motifs is 1. The summed E-state index contributed by atoms with van der Waals surface area (Å²) in [6.07, 6.45) is 9.01. The molecule has 3 N–H and O–H groups in total. The third-order valence-electron chi connectivity index (χ3n) is 7.71. The Morgan fingerprint density at radius 1 is 0.882 bits per heavy atom. The van der Waals surface area contributed by atoms with Crippen LogP contribution >= 0.6 is 0 Å². The molecule has 0 aromatic heterocycles. The smallest absolute Gasteiger partial charge is 0.317 e. The van der Waals surface area contributed by atoms with E-state index < -0.39 is 5.97 Å². The van der Waals surface area contributed by atoms with Gasteiger partial charge in [0.2, 0.25) is 0 Å². The van der Waals surface area contributed by atoms with Crippen molar-refractivity contribution in [2.24, 2.45) is 17.8 Å². The van der Waals surface area contributed by atoms with E-state index in [2.05, 4.69) is 10.6 Å². The summed E-state index contributed by atoms with van der Waals surface area (Å²) in [7, 11) is 0. The highest BCUT2D eigenvalue weighted by atomic mass is 16.5. The Hall–Kier alpha value is -2.77. The maximum Gasteiger partial charge on any atom is 0.317 e. The highest BCUT2D eigenvalue weighted by Gasteiger charge is 2.32. The van der Waals surface area contributed by atoms with Crippen molar-refractivity contribution < 1.29 is 24.2 Å². The number of carbonyl (C=O) groups is 3. The van der Waals surface area contributed by atoms with E-state index in [-0.39, 0.29) is 24.0 Å². The number of carbonyl (C=O) groups excluding carboxylic acids is 2. The van der Waals surface area contributed by atoms with E-state index in [0.29, 0.717) is 43.2 Å². The van der Waals surface area contributed by atoms with Crippen LogP contribution in [-0.4, -0.2) is 60.2 Å². The minimum atomic E-state index is -0.725. The minimum absolute atomic E-state index is 0.0165. The zero-order chi connectivity index (χ0) is 23.9. The number of urea groups is 1. The Kier molecular flexibility index (Phi) is 8.29. The van der Waals surface area contributed by atoms with E-state index in [1.54, 1.807) is 24.3 Å². The molecule has 1 aromatic carbocycles. The van der Waals surface area contributed by atoms with Crippen molar-refractivity contribution in [1.29, 1.82) is 0 Å². The molecule has 1 aliphatic heterocycles. The van der Waals surface area contributed by atoms with Gasteiger partial charge in [0.15, 0.2) is 0 Å². The van der Waals surface area contributed by atoms with Crippen molar-refractivity contribution in [3.63, 3.8) is 0 Å². The van der Waals surface area contributed by atoms with E-state index in [4.69, 9.17) is 9.84 Å². The van der Waals surface area contributed by atoms with Gasteiger partial charge in [-0.25, -0.2) is 4.79 Å². The van der Waals surface area contributed by atoms with Gasteiger partial charge in [0.1, 0.15) is 5.75 Å². The van der Waals surface area contributed by atoms with Gasteiger partial charge >= 0.3 is 12.0 Å². The molecule has 1 saturated heterocycles. The molecule has 2 atom stereocenters. The maximum absolute atomic E-state index is 12.5. The zero-order valence-electron chi connectivity index (χ0n) is 19.8. The van der Waals surface area contributed by atoms with E-state index in [9.17, 15) is 14.4 Å². The SMILES string of the molecule is O=C(NCCNC(=O)N1CCC2CCCC[C@@H]2C1)c1ccc(OC2CCC(C(=O)O)CC2)cc1. The highest BCUT2D eigenvalue weighted by molar-refractivity contribution is 5.94. The molecule has 0 radical (unpaired) electrons. The lowest BCUT2D eigenvalue weighted by Crippen LogP contribution is -2.49. The molecule has 0 bridgehead atoms. The quantitative estimate of drug-likeness (QED) is 0.526. The predicted octanol–water partition coefficient (Wildman–Crippen LogP) is 3.66. The van der Waals surface area contributed by atoms with E-state index in [1.807, 2.05) is 4.90 Å². The number of carboxylic acid groups (broad SMARTS) is 1. The second-order valence-electron chi connectivity index (χ2n) is 9.98. The van der Waals surface area contributed by atoms with Crippen molar-refractivity contribution in [1.82, 2.24) is 15.5 Å². The molecule has 186 valence electrons. The lowest BCUT2D eigenvalue weighted by atomic mass is 9.75. The first-order valence-electron chi connectivity index (χ1n) is 12.8. The van der Waals surface area contributed by atoms with E-state index in [1.165, 1.54) is 25.7 Å². The predicted molar refractivity (Wildman–Crippen MR) is 128 cm³/mol. The number of amides is 3. The fraction of sp³-hybridized carbons (Fsp3) is 0.654. The van der Waals surface area contributed by atoms with Crippen LogP contribution in [0.25, 0.3) is 0 Å². The third-order valence-corrected chi connectivity index (χ3v) is 7.71. The molecular formula is C26H37N3O5. The summed E-state index contributed by atoms with van der Waals surface area (Å²) in [4.78, 5) is 37.9. The number of ether oxygens (including phenoxy) is 1. The Bertz CT molecular complexity index is 850. The summed E-state index contributed by atoms with van der Waals surface area (Å²) in [6.45, 7) is 2.46. The average molecular weight is 472 g/mol. The lowest BCUT2D eigenvalue weighted by Gasteiger charge is -2.41. The lowest BCUT2D eigenvalue weighted by molar-refractivity contribution is -0.143. The number of benzene rings is 1. The number of likely N-dealkylation sites (tertiary alicyclic amines) is 1. The molecule has 1 heterocycles. The zero-order valence-corrected chi connectivity index (χ0v) is 19.8. The van der Waals surface area contributed by atoms with Gasteiger partial charge in [-0.15, -0.1) is 0 Å². The van der Waals surface area contributed by atoms with Gasteiger partial charge in [-0.05, 0) is 74.6 Å². The summed E-state index contributed by atoms with van der Waals surface area (Å²) < 4.78 is 5.96. The first kappa shape index (κ1) is 24.4. The van der Waals surface area contributed by atoms with Crippen molar-refractivity contribution in [3.8, 4) is 5.75 Å². The fourth-order valence-electron chi connectivity index (χ4n) is 5.65. The second-order valence-corrected chi connectivity index (χ2v) is 9.98. The summed E-state index contributed by atoms with van der Waals surface area (Å²) in [5.41, 5.74) is 0.535. The van der Waals surface area contributed by atoms with Crippen molar-refractivity contribution >= 4 is 17.9 Å². The second kappa shape index (κ2) is 11.6. The van der Waals surface area contributed by atoms with Gasteiger partial charge in [0.25, 0.3) is 5.91 Å². The Labute approximate surface area is 201 Å². The van der Waals surface area contributed by atoms with Gasteiger partial charge in [-0.1, -0.05) is 19.3 Å². The molecule has 3 aliphatic rings. The van der Waals surface area contributed by atoms with Crippen molar-refractivity contribution in [3.05, 3.63) is 29.8 Å². The number of aliphatic carboxylic acids is 1. The van der Waals surface area contributed by atoms with Gasteiger partial charge in [-0.2, -0.15) is 0 Å². The van der Waals surface area contributed by atoms with Crippen LogP contribution in [0.15, 0.2) is 24.3 Å². The first-order chi connectivity index (χ1) is 16.5. The van der Waals surface area contributed by atoms with Crippen LogP contribution in [0, 0.1) is 17.8 Å². The summed E-state index contributed by atoms with van der Waals surface area (Å²) >= 11 is 0. The molecule has 8 heteroatoms. The standard InChI is InChI=1S/C26H37N3O5/c30-24(19-5-9-22(10-6-19)34-23-11-7-20(8-12-23)25(31)32)27-14-15-28-26(33)29-16-13-18-3-1-2-4-21(18)17-29/h5-6,9-10,18,20-21,23H,1-4,7-8,11-17H2,(H,27,30)(H,28,33)(H,31,32)/t18?,20?,21-,23?/m1/s1. The Balaban J connectivity index is 1.13. The number of nitrogens with one attached hydrogen (secondary N) is 2. The van der Waals surface area contributed by atoms with Crippen LogP contribution in [-0.2, 0) is 4.79 Å². The van der Waals surface area contributed by atoms with Crippen LogP contribution in [0.5, 0.6) is 5.75 Å². The summed E-state index contributed by atoms with van der Waals surface area (Å²) in [5.74, 6) is 0.952. The Morgan fingerprint density at radius 2 is 1.56 bits per heavy atom. The van der Waals surface area contributed by atoms with Crippen LogP contribution in [0.2, 0.25) is 0 Å². The van der Waals surface area contributed by atoms with Crippen molar-refractivity contribution in [2.75, 3.05) is 26.2 Å². The molecule has 8 nitrogen and oxygen atoms in total. The number of nitrogens with zero attached hydrogens (tertiary/aromatic N) is 1. The monoisotopic (exact) mass is 471 g/mol. The number of hydrogen-bond acceptors (Lipinski definition) is 4. The van der Waals surface area contributed by atoms with Crippen molar-refractivity contribution in [2.45, 2.75) is 63.9 Å². The van der Waals surface area contributed by atoms with Gasteiger partial charge in [0, 0.05) is 31.7 Å². The number of piperidine rings is 1. The van der Waals surface area contributed by atoms with Crippen LogP contribution < -0.4 is 15.4 Å². The first-order valence-corrected chi connectivity index (χ1v) is 12.8. The molecule has 4 rings (SSSR count). The average Bonchev–Trinajstić information content (AvgIpc) is 2.87. The third kappa shape index (κ3) is 6.42. The fourth-order valence-corrected chi connectivity index (χ4v) is 5.65. The topological polar surface area (TPSA) is 108 Å². The molecule has 3 fully saturated rings. The van der Waals surface area contributed by atoms with Gasteiger partial charge in [0.05, 0.1) is 12.0 Å². The number of rotatable bonds is 7.